The van der Waals surface area contributed by atoms with Gasteiger partial charge in [0.15, 0.2) is 0 Å². The maximum Gasteiger partial charge on any atom is 0.336 e. The van der Waals surface area contributed by atoms with E-state index in [1.165, 1.54) is 12.2 Å². The largest absolute Gasteiger partial charge is 0.478 e. The van der Waals surface area contributed by atoms with E-state index in [1.54, 1.807) is 0 Å². The second-order valence-corrected chi connectivity index (χ2v) is 3.36. The molecule has 0 saturated carbocycles. The van der Waals surface area contributed by atoms with Crippen molar-refractivity contribution in [1.29, 1.82) is 0 Å². The van der Waals surface area contributed by atoms with Crippen molar-refractivity contribution in [1.82, 2.24) is 0 Å². The van der Waals surface area contributed by atoms with Crippen LogP contribution in [0, 0.1) is 5.92 Å². The van der Waals surface area contributed by atoms with Gasteiger partial charge >= 0.3 is 11.9 Å². The highest BCUT2D eigenvalue weighted by Crippen LogP contribution is 2.22. The molecule has 76 valence electrons. The van der Waals surface area contributed by atoms with Crippen LogP contribution in [0.25, 0.3) is 0 Å². The average Bonchev–Trinajstić information content (AvgIpc) is 2.26. The lowest BCUT2D eigenvalue weighted by Crippen LogP contribution is -2.11. The average molecular weight is 196 g/mol. The van der Waals surface area contributed by atoms with Crippen molar-refractivity contribution in [3.63, 3.8) is 0 Å². The Kier molecular flexibility index (Phi) is 3.06. The van der Waals surface area contributed by atoms with Gasteiger partial charge in [0, 0.05) is 0 Å². The van der Waals surface area contributed by atoms with Crippen molar-refractivity contribution in [3.05, 3.63) is 23.3 Å². The first-order valence-corrected chi connectivity index (χ1v) is 4.41. The molecule has 0 aromatic heterocycles. The molecule has 0 heterocycles. The number of carboxylic acids is 2. The second kappa shape index (κ2) is 4.09. The zero-order valence-corrected chi connectivity index (χ0v) is 7.86. The van der Waals surface area contributed by atoms with E-state index in [0.29, 0.717) is 6.42 Å². The van der Waals surface area contributed by atoms with Gasteiger partial charge in [-0.2, -0.15) is 0 Å². The predicted molar refractivity (Wildman–Crippen MR) is 49.8 cm³/mol. The third-order valence-corrected chi connectivity index (χ3v) is 2.17. The summed E-state index contributed by atoms with van der Waals surface area (Å²) < 4.78 is 0. The second-order valence-electron chi connectivity index (χ2n) is 3.36. The third-order valence-electron chi connectivity index (χ3n) is 2.17. The van der Waals surface area contributed by atoms with Crippen molar-refractivity contribution in [3.8, 4) is 0 Å². The molecule has 4 nitrogen and oxygen atoms in total. The minimum Gasteiger partial charge on any atom is -0.478 e. The molecule has 0 fully saturated rings. The molecule has 1 aliphatic rings. The lowest BCUT2D eigenvalue weighted by molar-refractivity contribution is -0.136. The van der Waals surface area contributed by atoms with Crippen LogP contribution in [0.5, 0.6) is 0 Å². The van der Waals surface area contributed by atoms with E-state index in [9.17, 15) is 9.59 Å². The summed E-state index contributed by atoms with van der Waals surface area (Å²) in [6.07, 6.45) is 4.38. The molecule has 2 N–H and O–H groups in total. The lowest BCUT2D eigenvalue weighted by Gasteiger charge is -2.03. The minimum absolute atomic E-state index is 0.0949. The molecule has 1 rings (SSSR count). The van der Waals surface area contributed by atoms with Gasteiger partial charge < -0.3 is 10.2 Å². The Bertz CT molecular complexity index is 325. The Labute approximate surface area is 81.6 Å². The summed E-state index contributed by atoms with van der Waals surface area (Å²) in [6.45, 7) is 1.88. The summed E-state index contributed by atoms with van der Waals surface area (Å²) >= 11 is 0. The maximum atomic E-state index is 10.8. The molecule has 1 aliphatic carbocycles. The fourth-order valence-electron chi connectivity index (χ4n) is 1.45. The van der Waals surface area contributed by atoms with Gasteiger partial charge in [0.05, 0.1) is 11.1 Å². The molecule has 0 bridgehead atoms. The Balaban J connectivity index is 3.11. The van der Waals surface area contributed by atoms with Crippen LogP contribution in [0.3, 0.4) is 0 Å². The Morgan fingerprint density at radius 2 is 1.86 bits per heavy atom. The van der Waals surface area contributed by atoms with Gasteiger partial charge in [-0.3, -0.25) is 0 Å². The molecule has 0 aromatic carbocycles. The standard InChI is InChI=1S/C10H12O4/c1-6-3-2-4-7(9(11)12)8(5-6)10(13)14/h4-6H,2-3H2,1H3,(H,11,12)(H,13,14). The van der Waals surface area contributed by atoms with E-state index >= 15 is 0 Å². The molecule has 4 heteroatoms. The summed E-state index contributed by atoms with van der Waals surface area (Å²) in [5.41, 5.74) is -0.190. The smallest absolute Gasteiger partial charge is 0.336 e. The Morgan fingerprint density at radius 3 is 2.36 bits per heavy atom. The van der Waals surface area contributed by atoms with Crippen LogP contribution in [-0.2, 0) is 9.59 Å². The number of hydrogen-bond donors (Lipinski definition) is 2. The van der Waals surface area contributed by atoms with Crippen LogP contribution in [-0.4, -0.2) is 22.2 Å². The monoisotopic (exact) mass is 196 g/mol. The van der Waals surface area contributed by atoms with E-state index in [2.05, 4.69) is 0 Å². The number of rotatable bonds is 2. The highest BCUT2D eigenvalue weighted by atomic mass is 16.4. The van der Waals surface area contributed by atoms with Crippen LogP contribution < -0.4 is 0 Å². The SMILES string of the molecule is CC1C=C(C(=O)O)C(C(=O)O)=CCC1. The van der Waals surface area contributed by atoms with Crippen molar-refractivity contribution >= 4 is 11.9 Å². The van der Waals surface area contributed by atoms with E-state index in [-0.39, 0.29) is 17.1 Å². The van der Waals surface area contributed by atoms with Gasteiger partial charge in [-0.05, 0) is 18.8 Å². The van der Waals surface area contributed by atoms with Crippen LogP contribution in [0.4, 0.5) is 0 Å². The summed E-state index contributed by atoms with van der Waals surface area (Å²) in [4.78, 5) is 21.6. The molecule has 1 atom stereocenters. The van der Waals surface area contributed by atoms with E-state index in [4.69, 9.17) is 10.2 Å². The summed E-state index contributed by atoms with van der Waals surface area (Å²) in [5, 5.41) is 17.6. The van der Waals surface area contributed by atoms with Gasteiger partial charge in [0.1, 0.15) is 0 Å². The molecular weight excluding hydrogens is 184 g/mol. The summed E-state index contributed by atoms with van der Waals surface area (Å²) in [6, 6.07) is 0. The van der Waals surface area contributed by atoms with Gasteiger partial charge in [0.25, 0.3) is 0 Å². The van der Waals surface area contributed by atoms with Crippen molar-refractivity contribution in [2.75, 3.05) is 0 Å². The zero-order valence-electron chi connectivity index (χ0n) is 7.86. The quantitative estimate of drug-likeness (QED) is 0.700. The molecule has 0 amide bonds. The van der Waals surface area contributed by atoms with Gasteiger partial charge in [0.2, 0.25) is 0 Å². The first-order chi connectivity index (χ1) is 6.52. The normalized spacial score (nSPS) is 21.9. The van der Waals surface area contributed by atoms with Crippen LogP contribution >= 0.6 is 0 Å². The first-order valence-electron chi connectivity index (χ1n) is 4.41. The van der Waals surface area contributed by atoms with E-state index in [0.717, 1.165) is 6.42 Å². The molecule has 14 heavy (non-hydrogen) atoms. The number of carboxylic acid groups (broad SMARTS) is 2. The fourth-order valence-corrected chi connectivity index (χ4v) is 1.45. The Morgan fingerprint density at radius 1 is 1.29 bits per heavy atom. The van der Waals surface area contributed by atoms with Gasteiger partial charge in [-0.1, -0.05) is 19.1 Å². The molecule has 0 saturated heterocycles. The molecule has 0 aromatic rings. The van der Waals surface area contributed by atoms with Gasteiger partial charge in [-0.15, -0.1) is 0 Å². The maximum absolute atomic E-state index is 10.8. The fraction of sp³-hybridized carbons (Fsp3) is 0.400. The van der Waals surface area contributed by atoms with Crippen molar-refractivity contribution in [2.24, 2.45) is 5.92 Å². The van der Waals surface area contributed by atoms with E-state index in [1.807, 2.05) is 6.92 Å². The number of carbonyl (C=O) groups is 2. The van der Waals surface area contributed by atoms with Crippen molar-refractivity contribution < 1.29 is 19.8 Å². The Hall–Kier alpha value is -1.58. The highest BCUT2D eigenvalue weighted by Gasteiger charge is 2.22. The lowest BCUT2D eigenvalue weighted by atomic mass is 10.0. The summed E-state index contributed by atoms with van der Waals surface area (Å²) in [7, 11) is 0. The summed E-state index contributed by atoms with van der Waals surface area (Å²) in [5.74, 6) is -2.24. The van der Waals surface area contributed by atoms with E-state index < -0.39 is 11.9 Å². The first kappa shape index (κ1) is 10.5. The minimum atomic E-state index is -1.17. The number of allylic oxidation sites excluding steroid dienone is 2. The topological polar surface area (TPSA) is 74.6 Å². The molecule has 0 spiro atoms. The van der Waals surface area contributed by atoms with Crippen LogP contribution in [0.1, 0.15) is 19.8 Å². The molecule has 0 radical (unpaired) electrons. The van der Waals surface area contributed by atoms with Gasteiger partial charge in [-0.25, -0.2) is 9.59 Å². The zero-order chi connectivity index (χ0) is 10.7. The predicted octanol–water partition coefficient (Wildman–Crippen LogP) is 1.44. The molecule has 0 aliphatic heterocycles. The van der Waals surface area contributed by atoms with Crippen molar-refractivity contribution in [2.45, 2.75) is 19.8 Å². The van der Waals surface area contributed by atoms with Crippen LogP contribution in [0.2, 0.25) is 0 Å². The highest BCUT2D eigenvalue weighted by molar-refractivity contribution is 6.05. The van der Waals surface area contributed by atoms with Crippen LogP contribution in [0.15, 0.2) is 23.3 Å². The number of aliphatic carboxylic acids is 2. The molecular formula is C10H12O4. The third kappa shape index (κ3) is 2.22. The number of hydrogen-bond acceptors (Lipinski definition) is 2. The molecule has 1 unspecified atom stereocenters.